The zero-order valence-electron chi connectivity index (χ0n) is 19.7. The Balaban J connectivity index is 3.15. The van der Waals surface area contributed by atoms with Crippen LogP contribution in [0.1, 0.15) is 103 Å². The molecule has 0 aromatic heterocycles. The average Bonchev–Trinajstić information content (AvgIpc) is 2.81. The van der Waals surface area contributed by atoms with Crippen molar-refractivity contribution < 1.29 is 30.6 Å². The van der Waals surface area contributed by atoms with Gasteiger partial charge in [-0.2, -0.15) is 0 Å². The molecule has 0 amide bonds. The Morgan fingerprint density at radius 1 is 0.323 bits per heavy atom. The highest BCUT2D eigenvalue weighted by Crippen LogP contribution is 2.56. The van der Waals surface area contributed by atoms with Crippen LogP contribution in [0.5, 0.6) is 0 Å². The maximum absolute atomic E-state index is 10.5. The van der Waals surface area contributed by atoms with Crippen LogP contribution in [0.4, 0.5) is 0 Å². The van der Waals surface area contributed by atoms with Gasteiger partial charge in [-0.05, 0) is 12.8 Å². The summed E-state index contributed by atoms with van der Waals surface area (Å²) < 4.78 is 0. The van der Waals surface area contributed by atoms with E-state index in [-0.39, 0.29) is 0 Å². The van der Waals surface area contributed by atoms with Gasteiger partial charge in [0.1, 0.15) is 0 Å². The predicted octanol–water partition coefficient (Wildman–Crippen LogP) is 3.15. The molecule has 0 aliphatic heterocycles. The minimum atomic E-state index is -1.38. The molecule has 0 atom stereocenters. The zero-order valence-corrected chi connectivity index (χ0v) is 19.7. The molecule has 1 aliphatic carbocycles. The lowest BCUT2D eigenvalue weighted by Gasteiger charge is -2.57. The van der Waals surface area contributed by atoms with Crippen LogP contribution in [0, 0.1) is 16.2 Å². The summed E-state index contributed by atoms with van der Waals surface area (Å²) in [5.74, 6) is 0. The van der Waals surface area contributed by atoms with Crippen molar-refractivity contribution in [1.82, 2.24) is 0 Å². The Morgan fingerprint density at radius 3 is 0.742 bits per heavy atom. The third kappa shape index (κ3) is 7.12. The zero-order chi connectivity index (χ0) is 23.1. The van der Waals surface area contributed by atoms with Crippen LogP contribution in [0.3, 0.4) is 0 Å². The largest absolute Gasteiger partial charge is 0.396 e. The molecule has 0 spiro atoms. The highest BCUT2D eigenvalue weighted by atomic mass is 16.3. The van der Waals surface area contributed by atoms with E-state index in [0.29, 0.717) is 12.8 Å². The maximum atomic E-state index is 10.5. The SMILES string of the molecule is OCC1(CO)CCCCCCCCCCCCCCCCC(CO)(CO)C1(CO)CO. The molecule has 1 fully saturated rings. The normalized spacial score (nSPS) is 24.6. The summed E-state index contributed by atoms with van der Waals surface area (Å²) in [7, 11) is 0. The molecule has 0 bridgehead atoms. The van der Waals surface area contributed by atoms with Crippen LogP contribution in [-0.2, 0) is 0 Å². The van der Waals surface area contributed by atoms with E-state index in [2.05, 4.69) is 0 Å². The highest BCUT2D eigenvalue weighted by Gasteiger charge is 2.61. The van der Waals surface area contributed by atoms with E-state index in [1.807, 2.05) is 0 Å². The van der Waals surface area contributed by atoms with Gasteiger partial charge in [-0.1, -0.05) is 89.9 Å². The van der Waals surface area contributed by atoms with Gasteiger partial charge in [-0.25, -0.2) is 0 Å². The van der Waals surface area contributed by atoms with Gasteiger partial charge in [-0.3, -0.25) is 0 Å². The van der Waals surface area contributed by atoms with Crippen LogP contribution in [0.2, 0.25) is 0 Å². The topological polar surface area (TPSA) is 121 Å². The molecule has 31 heavy (non-hydrogen) atoms. The molecule has 1 rings (SSSR count). The van der Waals surface area contributed by atoms with Crippen molar-refractivity contribution in [2.75, 3.05) is 39.6 Å². The van der Waals surface area contributed by atoms with Crippen molar-refractivity contribution in [3.8, 4) is 0 Å². The van der Waals surface area contributed by atoms with Gasteiger partial charge in [0.2, 0.25) is 0 Å². The Labute approximate surface area is 189 Å². The predicted molar refractivity (Wildman–Crippen MR) is 124 cm³/mol. The van der Waals surface area contributed by atoms with E-state index in [4.69, 9.17) is 0 Å². The van der Waals surface area contributed by atoms with Crippen molar-refractivity contribution in [1.29, 1.82) is 0 Å². The summed E-state index contributed by atoms with van der Waals surface area (Å²) >= 11 is 0. The van der Waals surface area contributed by atoms with Crippen LogP contribution in [0.15, 0.2) is 0 Å². The van der Waals surface area contributed by atoms with E-state index < -0.39 is 55.9 Å². The fraction of sp³-hybridized carbons (Fsp3) is 1.00. The van der Waals surface area contributed by atoms with Gasteiger partial charge in [-0.15, -0.1) is 0 Å². The minimum Gasteiger partial charge on any atom is -0.396 e. The molecular formula is C25H50O6. The van der Waals surface area contributed by atoms with Crippen molar-refractivity contribution in [2.45, 2.75) is 103 Å². The van der Waals surface area contributed by atoms with Crippen LogP contribution >= 0.6 is 0 Å². The summed E-state index contributed by atoms with van der Waals surface area (Å²) in [6, 6.07) is 0. The summed E-state index contributed by atoms with van der Waals surface area (Å²) in [6.07, 6.45) is 16.5. The first-order valence-electron chi connectivity index (χ1n) is 12.7. The molecule has 6 N–H and O–H groups in total. The first kappa shape index (κ1) is 28.8. The van der Waals surface area contributed by atoms with Crippen LogP contribution < -0.4 is 0 Å². The second-order valence-electron chi connectivity index (χ2n) is 10.0. The number of aliphatic hydroxyl groups excluding tert-OH is 6. The average molecular weight is 447 g/mol. The summed E-state index contributed by atoms with van der Waals surface area (Å²) in [6.45, 7) is -2.66. The van der Waals surface area contributed by atoms with E-state index in [1.54, 1.807) is 0 Å². The number of aliphatic hydroxyl groups is 6. The molecular weight excluding hydrogens is 396 g/mol. The van der Waals surface area contributed by atoms with Crippen molar-refractivity contribution in [3.05, 3.63) is 0 Å². The highest BCUT2D eigenvalue weighted by molar-refractivity contribution is 5.08. The standard InChI is InChI=1S/C25H50O6/c26-17-23(18-27)15-13-11-9-7-5-3-1-2-4-6-8-10-12-14-16-24(19-28,20-29)25(23,21-30)22-31/h26-31H,1-22H2. The van der Waals surface area contributed by atoms with E-state index in [1.165, 1.54) is 51.4 Å². The third-order valence-corrected chi connectivity index (χ3v) is 8.34. The van der Waals surface area contributed by atoms with Crippen LogP contribution in [0.25, 0.3) is 0 Å². The molecule has 0 saturated heterocycles. The molecule has 1 aliphatic rings. The number of hydrogen-bond acceptors (Lipinski definition) is 6. The minimum absolute atomic E-state index is 0.410. The molecule has 0 aromatic rings. The van der Waals surface area contributed by atoms with Crippen molar-refractivity contribution in [2.24, 2.45) is 16.2 Å². The third-order valence-electron chi connectivity index (χ3n) is 8.34. The summed E-state index contributed by atoms with van der Waals surface area (Å²) in [5.41, 5.74) is -3.73. The molecule has 6 heteroatoms. The lowest BCUT2D eigenvalue weighted by atomic mass is 9.49. The van der Waals surface area contributed by atoms with Crippen molar-refractivity contribution >= 4 is 0 Å². The molecule has 0 aromatic carbocycles. The van der Waals surface area contributed by atoms with Gasteiger partial charge in [0.05, 0.1) is 39.6 Å². The summed E-state index contributed by atoms with van der Waals surface area (Å²) in [5, 5.41) is 62.7. The molecule has 1 saturated carbocycles. The second-order valence-corrected chi connectivity index (χ2v) is 10.0. The fourth-order valence-corrected chi connectivity index (χ4v) is 5.83. The van der Waals surface area contributed by atoms with Gasteiger partial charge in [0.15, 0.2) is 0 Å². The van der Waals surface area contributed by atoms with Gasteiger partial charge < -0.3 is 30.6 Å². The quantitative estimate of drug-likeness (QED) is 0.373. The van der Waals surface area contributed by atoms with Crippen molar-refractivity contribution in [3.63, 3.8) is 0 Å². The Kier molecular flexibility index (Phi) is 14.5. The smallest absolute Gasteiger partial charge is 0.0523 e. The van der Waals surface area contributed by atoms with E-state index in [9.17, 15) is 30.6 Å². The van der Waals surface area contributed by atoms with E-state index >= 15 is 0 Å². The second kappa shape index (κ2) is 15.6. The fourth-order valence-electron chi connectivity index (χ4n) is 5.83. The molecule has 186 valence electrons. The Hall–Kier alpha value is -0.240. The Morgan fingerprint density at radius 2 is 0.548 bits per heavy atom. The van der Waals surface area contributed by atoms with Gasteiger partial charge in [0.25, 0.3) is 0 Å². The lowest BCUT2D eigenvalue weighted by molar-refractivity contribution is -0.214. The maximum Gasteiger partial charge on any atom is 0.0523 e. The summed E-state index contributed by atoms with van der Waals surface area (Å²) in [4.78, 5) is 0. The first-order chi connectivity index (χ1) is 15.1. The molecule has 0 unspecified atom stereocenters. The van der Waals surface area contributed by atoms with Gasteiger partial charge >= 0.3 is 0 Å². The lowest BCUT2D eigenvalue weighted by Crippen LogP contribution is -2.64. The number of rotatable bonds is 6. The monoisotopic (exact) mass is 446 g/mol. The van der Waals surface area contributed by atoms with Gasteiger partial charge in [0, 0.05) is 16.2 Å². The molecule has 6 nitrogen and oxygen atoms in total. The molecule has 0 radical (unpaired) electrons. The van der Waals surface area contributed by atoms with Crippen LogP contribution in [-0.4, -0.2) is 70.3 Å². The Bertz CT molecular complexity index is 394. The molecule has 0 heterocycles. The van der Waals surface area contributed by atoms with E-state index in [0.717, 1.165) is 38.5 Å². The number of hydrogen-bond donors (Lipinski definition) is 6. The first-order valence-corrected chi connectivity index (χ1v) is 12.7.